The number of carbonyl (C=O) groups excluding carboxylic acids is 1. The zero-order valence-electron chi connectivity index (χ0n) is 12.4. The Hall–Kier alpha value is -0.910. The van der Waals surface area contributed by atoms with Crippen molar-refractivity contribution in [2.24, 2.45) is 0 Å². The van der Waals surface area contributed by atoms with Crippen LogP contribution in [0.3, 0.4) is 0 Å². The minimum Gasteiger partial charge on any atom is -0.444 e. The molecule has 4 nitrogen and oxygen atoms in total. The lowest BCUT2D eigenvalue weighted by Gasteiger charge is -2.24. The van der Waals surface area contributed by atoms with Crippen LogP contribution in [0.2, 0.25) is 5.02 Å². The average Bonchev–Trinajstić information content (AvgIpc) is 2.72. The molecule has 0 aliphatic carbocycles. The first-order valence-corrected chi connectivity index (χ1v) is 8.08. The SMILES string of the molecule is CC(C)(C)OC(=O)N1C[C@@H](O)[C@H](Sc2ccc(Cl)cc2)C1. The van der Waals surface area contributed by atoms with E-state index in [9.17, 15) is 9.90 Å². The molecule has 1 saturated heterocycles. The van der Waals surface area contributed by atoms with Gasteiger partial charge < -0.3 is 14.7 Å². The van der Waals surface area contributed by atoms with Crippen molar-refractivity contribution in [2.45, 2.75) is 42.6 Å². The van der Waals surface area contributed by atoms with Crippen LogP contribution in [0.15, 0.2) is 29.2 Å². The molecule has 2 rings (SSSR count). The molecule has 0 radical (unpaired) electrons. The highest BCUT2D eigenvalue weighted by Gasteiger charge is 2.36. The second kappa shape index (κ2) is 6.46. The van der Waals surface area contributed by atoms with E-state index in [0.717, 1.165) is 4.90 Å². The Morgan fingerprint density at radius 1 is 1.33 bits per heavy atom. The van der Waals surface area contributed by atoms with Crippen LogP contribution in [0, 0.1) is 0 Å². The zero-order valence-corrected chi connectivity index (χ0v) is 13.9. The molecule has 1 heterocycles. The number of amides is 1. The van der Waals surface area contributed by atoms with Gasteiger partial charge in [-0.2, -0.15) is 0 Å². The molecule has 0 spiro atoms. The Labute approximate surface area is 134 Å². The number of aliphatic hydroxyl groups is 1. The molecule has 1 aromatic carbocycles. The zero-order chi connectivity index (χ0) is 15.6. The van der Waals surface area contributed by atoms with Gasteiger partial charge in [-0.25, -0.2) is 4.79 Å². The summed E-state index contributed by atoms with van der Waals surface area (Å²) in [7, 11) is 0. The number of aliphatic hydroxyl groups excluding tert-OH is 1. The van der Waals surface area contributed by atoms with Crippen LogP contribution in [0.5, 0.6) is 0 Å². The third kappa shape index (κ3) is 4.80. The molecule has 0 unspecified atom stereocenters. The van der Waals surface area contributed by atoms with Crippen molar-refractivity contribution < 1.29 is 14.6 Å². The lowest BCUT2D eigenvalue weighted by molar-refractivity contribution is 0.0270. The highest BCUT2D eigenvalue weighted by molar-refractivity contribution is 8.00. The van der Waals surface area contributed by atoms with Gasteiger partial charge in [-0.05, 0) is 45.0 Å². The highest BCUT2D eigenvalue weighted by atomic mass is 35.5. The summed E-state index contributed by atoms with van der Waals surface area (Å²) in [6.45, 7) is 6.27. The number of β-amino-alcohol motifs (C(OH)–C–C–N with tert-alkyl or cyclic N) is 1. The number of halogens is 1. The summed E-state index contributed by atoms with van der Waals surface area (Å²) in [5, 5.41) is 10.8. The molecule has 6 heteroatoms. The number of hydrogen-bond donors (Lipinski definition) is 1. The van der Waals surface area contributed by atoms with Crippen molar-refractivity contribution in [1.82, 2.24) is 4.90 Å². The van der Waals surface area contributed by atoms with E-state index in [1.54, 1.807) is 16.7 Å². The van der Waals surface area contributed by atoms with Crippen LogP contribution in [-0.2, 0) is 4.74 Å². The molecule has 1 fully saturated rings. The minimum absolute atomic E-state index is 0.0568. The summed E-state index contributed by atoms with van der Waals surface area (Å²) in [5.74, 6) is 0. The van der Waals surface area contributed by atoms with Crippen molar-refractivity contribution in [3.05, 3.63) is 29.3 Å². The summed E-state index contributed by atoms with van der Waals surface area (Å²) < 4.78 is 5.33. The maximum atomic E-state index is 12.0. The Morgan fingerprint density at radius 2 is 1.95 bits per heavy atom. The summed E-state index contributed by atoms with van der Waals surface area (Å²) in [4.78, 5) is 14.6. The number of rotatable bonds is 2. The van der Waals surface area contributed by atoms with Crippen molar-refractivity contribution in [2.75, 3.05) is 13.1 Å². The maximum absolute atomic E-state index is 12.0. The fraction of sp³-hybridized carbons (Fsp3) is 0.533. The molecule has 0 bridgehead atoms. The van der Waals surface area contributed by atoms with Crippen molar-refractivity contribution >= 4 is 29.5 Å². The van der Waals surface area contributed by atoms with E-state index in [-0.39, 0.29) is 11.3 Å². The smallest absolute Gasteiger partial charge is 0.410 e. The van der Waals surface area contributed by atoms with Crippen LogP contribution in [0.4, 0.5) is 4.79 Å². The van der Waals surface area contributed by atoms with Gasteiger partial charge in [-0.1, -0.05) is 11.6 Å². The van der Waals surface area contributed by atoms with E-state index < -0.39 is 11.7 Å². The number of benzene rings is 1. The number of ether oxygens (including phenoxy) is 1. The number of hydrogen-bond acceptors (Lipinski definition) is 4. The first-order chi connectivity index (χ1) is 9.74. The number of carbonyl (C=O) groups is 1. The summed E-state index contributed by atoms with van der Waals surface area (Å²) in [6, 6.07) is 7.46. The second-order valence-corrected chi connectivity index (χ2v) is 7.81. The van der Waals surface area contributed by atoms with Crippen molar-refractivity contribution in [3.63, 3.8) is 0 Å². The number of thioether (sulfide) groups is 1. The topological polar surface area (TPSA) is 49.8 Å². The van der Waals surface area contributed by atoms with Gasteiger partial charge in [-0.3, -0.25) is 0 Å². The molecule has 21 heavy (non-hydrogen) atoms. The number of nitrogens with zero attached hydrogens (tertiary/aromatic N) is 1. The van der Waals surface area contributed by atoms with Gasteiger partial charge in [-0.15, -0.1) is 11.8 Å². The second-order valence-electron chi connectivity index (χ2n) is 6.06. The molecule has 1 N–H and O–H groups in total. The first kappa shape index (κ1) is 16.5. The molecule has 0 aromatic heterocycles. The van der Waals surface area contributed by atoms with Gasteiger partial charge in [0.05, 0.1) is 17.9 Å². The molecule has 1 aliphatic rings. The van der Waals surface area contributed by atoms with Crippen LogP contribution < -0.4 is 0 Å². The van der Waals surface area contributed by atoms with Crippen molar-refractivity contribution in [3.8, 4) is 0 Å². The normalized spacial score (nSPS) is 22.4. The average molecular weight is 330 g/mol. The maximum Gasteiger partial charge on any atom is 0.410 e. The largest absolute Gasteiger partial charge is 0.444 e. The van der Waals surface area contributed by atoms with Crippen LogP contribution in [-0.4, -0.2) is 46.1 Å². The molecule has 1 aromatic rings. The van der Waals surface area contributed by atoms with Gasteiger partial charge in [0, 0.05) is 16.5 Å². The Morgan fingerprint density at radius 3 is 2.52 bits per heavy atom. The van der Waals surface area contributed by atoms with Gasteiger partial charge in [0.2, 0.25) is 0 Å². The van der Waals surface area contributed by atoms with Crippen LogP contribution in [0.1, 0.15) is 20.8 Å². The Balaban J connectivity index is 1.94. The van der Waals surface area contributed by atoms with E-state index in [4.69, 9.17) is 16.3 Å². The van der Waals surface area contributed by atoms with E-state index in [0.29, 0.717) is 18.1 Å². The fourth-order valence-corrected chi connectivity index (χ4v) is 3.30. The summed E-state index contributed by atoms with van der Waals surface area (Å²) >= 11 is 7.40. The summed E-state index contributed by atoms with van der Waals surface area (Å²) in [6.07, 6.45) is -0.932. The minimum atomic E-state index is -0.557. The highest BCUT2D eigenvalue weighted by Crippen LogP contribution is 2.31. The fourth-order valence-electron chi connectivity index (χ4n) is 2.04. The molecule has 2 atom stereocenters. The van der Waals surface area contributed by atoms with E-state index in [1.165, 1.54) is 0 Å². The van der Waals surface area contributed by atoms with Crippen molar-refractivity contribution in [1.29, 1.82) is 0 Å². The van der Waals surface area contributed by atoms with E-state index in [1.807, 2.05) is 45.0 Å². The van der Waals surface area contributed by atoms with Gasteiger partial charge in [0.25, 0.3) is 0 Å². The van der Waals surface area contributed by atoms with Gasteiger partial charge >= 0.3 is 6.09 Å². The molecule has 1 amide bonds. The van der Waals surface area contributed by atoms with Crippen LogP contribution in [0.25, 0.3) is 0 Å². The number of likely N-dealkylation sites (tertiary alicyclic amines) is 1. The monoisotopic (exact) mass is 329 g/mol. The standard InChI is InChI=1S/C15H20ClNO3S/c1-15(2,3)20-14(19)17-8-12(18)13(9-17)21-11-6-4-10(16)5-7-11/h4-7,12-13,18H,8-9H2,1-3H3/t12-,13-/m1/s1. The first-order valence-electron chi connectivity index (χ1n) is 6.83. The van der Waals surface area contributed by atoms with E-state index >= 15 is 0 Å². The predicted octanol–water partition coefficient (Wildman–Crippen LogP) is 3.41. The predicted molar refractivity (Wildman–Crippen MR) is 84.9 cm³/mol. The van der Waals surface area contributed by atoms with Crippen LogP contribution >= 0.6 is 23.4 Å². The third-order valence-corrected chi connectivity index (χ3v) is 4.55. The quantitative estimate of drug-likeness (QED) is 0.903. The van der Waals surface area contributed by atoms with E-state index in [2.05, 4.69) is 0 Å². The van der Waals surface area contributed by atoms with Gasteiger partial charge in [0.1, 0.15) is 5.60 Å². The lowest BCUT2D eigenvalue weighted by Crippen LogP contribution is -2.35. The molecular weight excluding hydrogens is 310 g/mol. The molecule has 1 aliphatic heterocycles. The lowest BCUT2D eigenvalue weighted by atomic mass is 10.2. The Bertz CT molecular complexity index is 501. The van der Waals surface area contributed by atoms with Gasteiger partial charge in [0.15, 0.2) is 0 Å². The molecular formula is C15H20ClNO3S. The molecule has 116 valence electrons. The Kier molecular flexibility index (Phi) is 5.07. The molecule has 0 saturated carbocycles. The summed E-state index contributed by atoms with van der Waals surface area (Å²) in [5.41, 5.74) is -0.524. The third-order valence-electron chi connectivity index (χ3n) is 2.99.